The van der Waals surface area contributed by atoms with Gasteiger partial charge in [-0.3, -0.25) is 29.8 Å². The van der Waals surface area contributed by atoms with Gasteiger partial charge >= 0.3 is 0 Å². The summed E-state index contributed by atoms with van der Waals surface area (Å²) in [5.74, 6) is 3.53. The van der Waals surface area contributed by atoms with Crippen molar-refractivity contribution < 1.29 is 33.2 Å². The lowest BCUT2D eigenvalue weighted by atomic mass is 10.1. The van der Waals surface area contributed by atoms with Gasteiger partial charge in [0.2, 0.25) is 41.3 Å². The first-order valence-corrected chi connectivity index (χ1v) is 44.6. The lowest BCUT2D eigenvalue weighted by molar-refractivity contribution is -0.178. The number of nitrogens with one attached hydrogen (secondary N) is 2. The molecule has 1 atom stereocenters. The summed E-state index contributed by atoms with van der Waals surface area (Å²) in [6.07, 6.45) is 3.29. The molecule has 0 fully saturated rings. The molecule has 2 aromatic carbocycles. The molecule has 0 aliphatic carbocycles. The molecule has 41 heteroatoms. The molecule has 8 aromatic rings. The van der Waals surface area contributed by atoms with Crippen molar-refractivity contribution in [3.05, 3.63) is 162 Å². The van der Waals surface area contributed by atoms with Crippen LogP contribution in [0.1, 0.15) is 178 Å². The number of nitriles is 3. The molecule has 0 aliphatic heterocycles. The normalized spacial score (nSPS) is 10.7. The third kappa shape index (κ3) is 49.1. The van der Waals surface area contributed by atoms with Crippen molar-refractivity contribution in [3.63, 3.8) is 0 Å². The fourth-order valence-corrected chi connectivity index (χ4v) is 16.9. The maximum absolute atomic E-state index is 10.8. The molecule has 0 spiro atoms. The molecule has 0 radical (unpaired) electrons. The lowest BCUT2D eigenvalue weighted by Gasteiger charge is -2.35. The van der Waals surface area contributed by atoms with Crippen LogP contribution in [0.25, 0.3) is 0 Å². The van der Waals surface area contributed by atoms with Crippen LogP contribution < -0.4 is 63.4 Å². The Morgan fingerprint density at radius 1 is 0.515 bits per heavy atom. The van der Waals surface area contributed by atoms with E-state index in [0.29, 0.717) is 75.9 Å². The molecule has 8 rings (SSSR count). The van der Waals surface area contributed by atoms with E-state index in [0.717, 1.165) is 64.3 Å². The summed E-state index contributed by atoms with van der Waals surface area (Å²) < 4.78 is 31.5. The number of amides is 1. The van der Waals surface area contributed by atoms with Crippen molar-refractivity contribution in [1.29, 1.82) is 21.2 Å². The Morgan fingerprint density at radius 3 is 1.15 bits per heavy atom. The molecule has 0 saturated heterocycles. The van der Waals surface area contributed by atoms with E-state index >= 15 is 0 Å². The Bertz CT molecular complexity index is 4760. The molecular formula is C89H139Cl7N22O7S5. The van der Waals surface area contributed by atoms with Gasteiger partial charge in [-0.2, -0.15) is 20.8 Å². The SMILES string of the molecule is C.C.C.C.CN(C)C(OC(C)(C)C)N(C)C.COc1nc(C(C)C)c(S/C(C#N)=C/Nc2ccccc2)cc1Cl.COc1nc(C(C)C)c(SC(C#N)C(N(C)C)N(C)C)cc1Cl.COc1nc(C(C)C)c(SCC#N)cc1Cl.COc1nc(C(C)C)c(SCC(N)=O)cc1Cl.COc1nc(C(C)C)c(Sc2cnc(N)nc2N)cc1Cl.Cl.Cl.N=C(N)N.Nc1ccccc1. The summed E-state index contributed by atoms with van der Waals surface area (Å²) in [7, 11) is 23.6. The average molecular weight is 2040 g/mol. The number of methoxy groups -OCH3 is 5. The largest absolute Gasteiger partial charge is 0.480 e. The zero-order valence-electron chi connectivity index (χ0n) is 76.2. The van der Waals surface area contributed by atoms with Crippen molar-refractivity contribution in [2.45, 2.75) is 202 Å². The molecule has 6 aromatic heterocycles. The Morgan fingerprint density at radius 2 is 0.854 bits per heavy atom. The van der Waals surface area contributed by atoms with Crippen molar-refractivity contribution in [1.82, 2.24) is 54.5 Å². The number of nitrogens with two attached hydrogens (primary N) is 6. The maximum atomic E-state index is 10.8. The smallest absolute Gasteiger partial charge is 0.232 e. The number of anilines is 4. The molecule has 1 amide bonds. The first-order chi connectivity index (χ1) is 58.1. The van der Waals surface area contributed by atoms with Gasteiger partial charge in [0, 0.05) is 48.2 Å². The predicted octanol–water partition coefficient (Wildman–Crippen LogP) is 22.3. The molecule has 0 saturated carbocycles. The van der Waals surface area contributed by atoms with Gasteiger partial charge < -0.3 is 68.1 Å². The summed E-state index contributed by atoms with van der Waals surface area (Å²) in [5.41, 5.74) is 36.8. The fourth-order valence-electron chi connectivity index (χ4n) is 10.1. The number of pyridine rings is 5. The van der Waals surface area contributed by atoms with Gasteiger partial charge in [-0.05, 0) is 161 Å². The van der Waals surface area contributed by atoms with Crippen LogP contribution in [-0.4, -0.2) is 193 Å². The number of ether oxygens (including phenoxy) is 6. The number of rotatable bonds is 29. The van der Waals surface area contributed by atoms with Crippen LogP contribution in [0.15, 0.2) is 138 Å². The van der Waals surface area contributed by atoms with Crippen molar-refractivity contribution >= 4 is 177 Å². The first kappa shape index (κ1) is 133. The summed E-state index contributed by atoms with van der Waals surface area (Å²) in [6, 6.07) is 34.9. The first-order valence-electron chi connectivity index (χ1n) is 38.2. The number of halogens is 7. The van der Waals surface area contributed by atoms with E-state index in [9.17, 15) is 15.3 Å². The van der Waals surface area contributed by atoms with Gasteiger partial charge in [-0.25, -0.2) is 29.9 Å². The number of nitrogen functional groups attached to an aromatic ring is 3. The number of carbonyl (C=O) groups is 1. The van der Waals surface area contributed by atoms with E-state index < -0.39 is 0 Å². The van der Waals surface area contributed by atoms with E-state index in [1.54, 1.807) is 38.7 Å². The highest BCUT2D eigenvalue weighted by molar-refractivity contribution is 8.03. The molecule has 29 nitrogen and oxygen atoms in total. The maximum Gasteiger partial charge on any atom is 0.232 e. The number of para-hydroxylation sites is 2. The van der Waals surface area contributed by atoms with Crippen LogP contribution in [0.4, 0.5) is 23.1 Å². The van der Waals surface area contributed by atoms with Crippen LogP contribution in [0.2, 0.25) is 25.1 Å². The molecule has 130 heavy (non-hydrogen) atoms. The van der Waals surface area contributed by atoms with Gasteiger partial charge in [-0.15, -0.1) is 60.1 Å². The third-order valence-electron chi connectivity index (χ3n) is 15.4. The van der Waals surface area contributed by atoms with Crippen LogP contribution in [0.5, 0.6) is 29.4 Å². The topological polar surface area (TPSA) is 439 Å². The van der Waals surface area contributed by atoms with Crippen molar-refractivity contribution in [3.8, 4) is 47.6 Å². The van der Waals surface area contributed by atoms with Crippen LogP contribution in [0, 0.1) is 39.4 Å². The predicted molar refractivity (Wildman–Crippen MR) is 557 cm³/mol. The summed E-state index contributed by atoms with van der Waals surface area (Å²) in [5, 5.41) is 38.8. The second kappa shape index (κ2) is 68.9. The van der Waals surface area contributed by atoms with E-state index in [1.165, 1.54) is 80.1 Å². The van der Waals surface area contributed by atoms with E-state index in [1.807, 2.05) is 210 Å². The minimum Gasteiger partial charge on any atom is -0.480 e. The number of carbonyl (C=O) groups excluding carboxylic acids is 1. The zero-order valence-corrected chi connectivity index (χ0v) is 85.7. The van der Waals surface area contributed by atoms with Crippen LogP contribution in [-0.2, 0) is 9.53 Å². The second-order valence-electron chi connectivity index (χ2n) is 29.5. The van der Waals surface area contributed by atoms with E-state index in [4.69, 9.17) is 120 Å². The summed E-state index contributed by atoms with van der Waals surface area (Å²) in [4.78, 5) is 54.7. The van der Waals surface area contributed by atoms with E-state index in [2.05, 4.69) is 104 Å². The number of nitrogens with zero attached hydrogens (tertiary/aromatic N) is 14. The van der Waals surface area contributed by atoms with Crippen molar-refractivity contribution in [2.75, 3.05) is 126 Å². The number of guanidine groups is 1. The highest BCUT2D eigenvalue weighted by Gasteiger charge is 2.30. The number of aromatic nitrogens is 7. The number of primary amides is 1. The summed E-state index contributed by atoms with van der Waals surface area (Å²) >= 11 is 37.6. The highest BCUT2D eigenvalue weighted by atomic mass is 35.5. The Labute approximate surface area is 833 Å². The molecule has 1 unspecified atom stereocenters. The number of hydrogen-bond donors (Lipinski definition) is 8. The lowest BCUT2D eigenvalue weighted by Crippen LogP contribution is -2.47. The fraction of sp³-hybridized carbons (Fsp3) is 0.461. The van der Waals surface area contributed by atoms with Crippen LogP contribution in [0.3, 0.4) is 0 Å². The standard InChI is InChI=1S/C18H18ClN3OS.C16H25ClN4OS.C13H16ClN5OS.C11H15ClN2O2S.C11H13ClN2OS.C9H22N2O.C6H7N.CH5N3.4CH4.2ClH/c1-12(2)17-16(9-15(19)18(22-17)23-3)24-14(10-20)11-21-13-7-5-4-6-8-13;1-10(2)14-12(8-11(17)15(19-14)22-7)23-13(9-18)16(20(3)4)21(5)6;1-6(2)10-8(4-7(14)12(18-10)20-3)21-9-5-17-13(16)19-11(9)15;1-6(2)10-8(17-5-9(13)15)4-7(12)11(14-10)16-3;1-7(2)10-9(16-5-4-13)6-8(12)11(14-10)15-3;1-9(2,3)12-8(10(4)5)11(6)7;7-6-4-2-1-3-5-6;2-1(3)4;;;;;;/h4-9,11-12,21H,1-3H3;8,10,13,16H,1-7H3;4-6H,1-3H3,(H4,15,16,17,19);4,6H,5H2,1-3H3,(H2,13,15);6-7H,5H2,1-3H3;8H,1-7H3;1-5H,7H2;(H5,2,3,4);4*1H4;2*1H/b14-11+;;;;;;;;;;;;;. The van der Waals surface area contributed by atoms with Gasteiger partial charge in [0.1, 0.15) is 47.2 Å². The minimum atomic E-state index is -0.364. The second-order valence-corrected chi connectivity index (χ2v) is 36.9. The molecule has 0 bridgehead atoms. The average Bonchev–Trinajstić information content (AvgIpc) is 0.863. The van der Waals surface area contributed by atoms with E-state index in [-0.39, 0.29) is 131 Å². The Hall–Kier alpha value is -8.00. The number of benzene rings is 2. The van der Waals surface area contributed by atoms with Crippen molar-refractivity contribution in [2.24, 2.45) is 17.2 Å². The Kier molecular flexibility index (Phi) is 70.4. The van der Waals surface area contributed by atoms with Crippen LogP contribution >= 0.6 is 142 Å². The summed E-state index contributed by atoms with van der Waals surface area (Å²) in [6.45, 7) is 26.6. The molecule has 0 aliphatic rings. The molecule has 6 heterocycles. The molecule has 14 N–H and O–H groups in total. The Balaban J connectivity index is -0.000000346. The third-order valence-corrected chi connectivity index (χ3v) is 22.0. The van der Waals surface area contributed by atoms with Gasteiger partial charge in [-0.1, -0.05) is 217 Å². The quantitative estimate of drug-likeness (QED) is 0.00539. The highest BCUT2D eigenvalue weighted by Crippen LogP contribution is 2.43. The van der Waals surface area contributed by atoms with Gasteiger partial charge in [0.15, 0.2) is 12.3 Å². The number of hydrogen-bond acceptors (Lipinski definition) is 31. The number of thioether (sulfide) groups is 4. The number of allylic oxidation sites excluding steroid dienone is 1. The van der Waals surface area contributed by atoms with Gasteiger partial charge in [0.25, 0.3) is 0 Å². The van der Waals surface area contributed by atoms with Gasteiger partial charge in [0.05, 0.1) is 104 Å². The zero-order chi connectivity index (χ0) is 94.6. The molecular weight excluding hydrogens is 1900 g/mol. The minimum absolute atomic E-state index is 0. The molecule has 726 valence electrons. The monoisotopic (exact) mass is 2030 g/mol.